The van der Waals surface area contributed by atoms with E-state index in [9.17, 15) is 19.5 Å². The predicted octanol–water partition coefficient (Wildman–Crippen LogP) is 3.49. The van der Waals surface area contributed by atoms with Gasteiger partial charge in [0, 0.05) is 29.7 Å². The van der Waals surface area contributed by atoms with Gasteiger partial charge >= 0.3 is 0 Å². The maximum Gasteiger partial charge on any atom is 0.251 e. The number of hydrogen-bond acceptors (Lipinski definition) is 5. The van der Waals surface area contributed by atoms with Crippen LogP contribution in [0.1, 0.15) is 18.1 Å². The Kier molecular flexibility index (Phi) is 6.43. The van der Waals surface area contributed by atoms with Gasteiger partial charge in [-0.3, -0.25) is 14.4 Å². The molecular weight excluding hydrogens is 510 g/mol. The third-order valence-corrected chi connectivity index (χ3v) is 10.4. The highest BCUT2D eigenvalue weighted by Gasteiger charge is 2.71. The molecule has 6 atom stereocenters. The number of likely N-dealkylation sites (tertiary alicyclic amines) is 1. The van der Waals surface area contributed by atoms with Gasteiger partial charge in [-0.25, -0.2) is 0 Å². The molecule has 8 heteroatoms. The zero-order chi connectivity index (χ0) is 27.5. The molecule has 0 aliphatic carbocycles. The topological polar surface area (TPSA) is 81.2 Å². The van der Waals surface area contributed by atoms with Crippen molar-refractivity contribution in [1.29, 1.82) is 0 Å². The normalized spacial score (nSPS) is 30.7. The fourth-order valence-electron chi connectivity index (χ4n) is 6.91. The number of aliphatic hydroxyl groups excluding tert-OH is 1. The molecule has 0 aromatic heterocycles. The molecule has 2 aromatic rings. The van der Waals surface area contributed by atoms with E-state index < -0.39 is 28.7 Å². The lowest BCUT2D eigenvalue weighted by Crippen LogP contribution is -2.56. The molecule has 7 nitrogen and oxygen atoms in total. The average molecular weight is 544 g/mol. The maximum atomic E-state index is 14.6. The molecule has 1 spiro atoms. The molecule has 6 rings (SSSR count). The van der Waals surface area contributed by atoms with Crippen LogP contribution in [-0.4, -0.2) is 69.5 Å². The number of para-hydroxylation sites is 2. The summed E-state index contributed by atoms with van der Waals surface area (Å²) in [5.74, 6) is -1.85. The number of aliphatic hydroxyl groups is 1. The van der Waals surface area contributed by atoms with E-state index in [0.29, 0.717) is 13.1 Å². The van der Waals surface area contributed by atoms with Gasteiger partial charge in [-0.05, 0) is 44.0 Å². The molecule has 0 saturated carbocycles. The van der Waals surface area contributed by atoms with Crippen LogP contribution in [0.25, 0.3) is 0 Å². The SMILES string of the molecule is Cc1cccc(C)c1N1CC=C[C@]23S[C@@H]4C=CCN(c5ccccc5)C(=O)[C@@H]4[C@H]2C(=O)N([C@H](C)CO)C3C1=O. The van der Waals surface area contributed by atoms with Crippen molar-refractivity contribution < 1.29 is 19.5 Å². The Morgan fingerprint density at radius 1 is 0.923 bits per heavy atom. The van der Waals surface area contributed by atoms with Gasteiger partial charge in [0.1, 0.15) is 6.04 Å². The molecule has 3 amide bonds. The molecule has 1 N–H and O–H groups in total. The van der Waals surface area contributed by atoms with Gasteiger partial charge in [-0.1, -0.05) is 60.7 Å². The quantitative estimate of drug-likeness (QED) is 0.598. The third-order valence-electron chi connectivity index (χ3n) is 8.61. The molecule has 2 saturated heterocycles. The summed E-state index contributed by atoms with van der Waals surface area (Å²) in [6.45, 7) is 6.28. The third kappa shape index (κ3) is 3.79. The molecule has 202 valence electrons. The van der Waals surface area contributed by atoms with Gasteiger partial charge in [0.05, 0.1) is 29.2 Å². The summed E-state index contributed by atoms with van der Waals surface area (Å²) in [5.41, 5.74) is 3.60. The minimum atomic E-state index is -0.919. The Hall–Kier alpha value is -3.36. The van der Waals surface area contributed by atoms with E-state index in [-0.39, 0.29) is 29.6 Å². The monoisotopic (exact) mass is 543 g/mol. The molecule has 0 radical (unpaired) electrons. The van der Waals surface area contributed by atoms with Crippen LogP contribution in [-0.2, 0) is 14.4 Å². The first-order valence-electron chi connectivity index (χ1n) is 13.5. The van der Waals surface area contributed by atoms with Crippen molar-refractivity contribution in [2.24, 2.45) is 11.8 Å². The van der Waals surface area contributed by atoms with E-state index in [4.69, 9.17) is 0 Å². The van der Waals surface area contributed by atoms with E-state index >= 15 is 0 Å². The van der Waals surface area contributed by atoms with Gasteiger partial charge in [0.25, 0.3) is 5.91 Å². The number of rotatable bonds is 4. The molecule has 2 aromatic carbocycles. The number of nitrogens with zero attached hydrogens (tertiary/aromatic N) is 3. The highest BCUT2D eigenvalue weighted by Crippen LogP contribution is 2.61. The number of thioether (sulfide) groups is 1. The summed E-state index contributed by atoms with van der Waals surface area (Å²) in [6.07, 6.45) is 8.04. The Labute approximate surface area is 233 Å². The van der Waals surface area contributed by atoms with E-state index in [0.717, 1.165) is 22.5 Å². The Morgan fingerprint density at radius 3 is 2.31 bits per heavy atom. The van der Waals surface area contributed by atoms with Crippen molar-refractivity contribution in [2.75, 3.05) is 29.5 Å². The van der Waals surface area contributed by atoms with E-state index in [1.165, 1.54) is 0 Å². The zero-order valence-corrected chi connectivity index (χ0v) is 23.2. The first-order chi connectivity index (χ1) is 18.8. The second-order valence-electron chi connectivity index (χ2n) is 10.9. The number of fused-ring (bicyclic) bond motifs is 2. The zero-order valence-electron chi connectivity index (χ0n) is 22.4. The number of aryl methyl sites for hydroxylation is 2. The summed E-state index contributed by atoms with van der Waals surface area (Å²) in [7, 11) is 0. The number of hydrogen-bond donors (Lipinski definition) is 1. The molecule has 39 heavy (non-hydrogen) atoms. The number of anilines is 2. The lowest BCUT2D eigenvalue weighted by Gasteiger charge is -2.38. The molecule has 0 bridgehead atoms. The van der Waals surface area contributed by atoms with Crippen LogP contribution in [0.3, 0.4) is 0 Å². The number of amides is 3. The van der Waals surface area contributed by atoms with Crippen molar-refractivity contribution in [1.82, 2.24) is 4.90 Å². The fourth-order valence-corrected chi connectivity index (χ4v) is 8.90. The van der Waals surface area contributed by atoms with Crippen LogP contribution in [0.4, 0.5) is 11.4 Å². The first kappa shape index (κ1) is 25.9. The van der Waals surface area contributed by atoms with E-state index in [2.05, 4.69) is 0 Å². The smallest absolute Gasteiger partial charge is 0.251 e. The molecule has 4 aliphatic rings. The minimum absolute atomic E-state index is 0.104. The van der Waals surface area contributed by atoms with Crippen LogP contribution in [0.5, 0.6) is 0 Å². The Balaban J connectivity index is 1.48. The summed E-state index contributed by atoms with van der Waals surface area (Å²) < 4.78 is -0.919. The predicted molar refractivity (Wildman–Crippen MR) is 154 cm³/mol. The minimum Gasteiger partial charge on any atom is -0.394 e. The van der Waals surface area contributed by atoms with Crippen LogP contribution in [0, 0.1) is 25.7 Å². The second kappa shape index (κ2) is 9.68. The Morgan fingerprint density at radius 2 is 1.62 bits per heavy atom. The molecule has 2 fully saturated rings. The van der Waals surface area contributed by atoms with Crippen molar-refractivity contribution in [2.45, 2.75) is 42.9 Å². The number of benzene rings is 2. The van der Waals surface area contributed by atoms with Crippen LogP contribution in [0.15, 0.2) is 72.8 Å². The van der Waals surface area contributed by atoms with Gasteiger partial charge in [0.2, 0.25) is 11.8 Å². The lowest BCUT2D eigenvalue weighted by molar-refractivity contribution is -0.141. The van der Waals surface area contributed by atoms with E-state index in [1.54, 1.807) is 33.4 Å². The number of carbonyl (C=O) groups excluding carboxylic acids is 3. The summed E-state index contributed by atoms with van der Waals surface area (Å²) >= 11 is 1.56. The molecule has 4 heterocycles. The highest BCUT2D eigenvalue weighted by atomic mass is 32.2. The summed E-state index contributed by atoms with van der Waals surface area (Å²) in [6, 6.07) is 14.1. The van der Waals surface area contributed by atoms with Gasteiger partial charge < -0.3 is 19.8 Å². The maximum absolute atomic E-state index is 14.6. The van der Waals surface area contributed by atoms with Crippen molar-refractivity contribution in [3.63, 3.8) is 0 Å². The first-order valence-corrected chi connectivity index (χ1v) is 14.4. The van der Waals surface area contributed by atoms with Crippen LogP contribution in [0.2, 0.25) is 0 Å². The van der Waals surface area contributed by atoms with Gasteiger partial charge in [-0.15, -0.1) is 11.8 Å². The average Bonchev–Trinajstić information content (AvgIpc) is 3.25. The lowest BCUT2D eigenvalue weighted by atomic mass is 9.78. The second-order valence-corrected chi connectivity index (χ2v) is 12.4. The van der Waals surface area contributed by atoms with Crippen molar-refractivity contribution in [3.8, 4) is 0 Å². The van der Waals surface area contributed by atoms with Gasteiger partial charge in [0.15, 0.2) is 0 Å². The molecule has 4 aliphatic heterocycles. The van der Waals surface area contributed by atoms with Crippen molar-refractivity contribution in [3.05, 3.63) is 84.0 Å². The largest absolute Gasteiger partial charge is 0.394 e. The fraction of sp³-hybridized carbons (Fsp3) is 0.387. The summed E-state index contributed by atoms with van der Waals surface area (Å²) in [4.78, 5) is 48.2. The summed E-state index contributed by atoms with van der Waals surface area (Å²) in [5, 5.41) is 9.94. The van der Waals surface area contributed by atoms with Crippen LogP contribution >= 0.6 is 11.8 Å². The van der Waals surface area contributed by atoms with E-state index in [1.807, 2.05) is 86.7 Å². The standard InChI is InChI=1S/C31H33N3O4S/c1-19-10-7-11-20(2)26(19)33-17-9-15-31-25(29(37)34(21(3)18-35)27(31)30(33)38)24-23(39-31)14-8-16-32(28(24)36)22-12-5-4-6-13-22/h4-15,21,23-25,27,35H,16-18H2,1-3H3/t21-,23-,24+,25+,27?,31+/m1/s1. The highest BCUT2D eigenvalue weighted by molar-refractivity contribution is 8.02. The Bertz CT molecular complexity index is 1370. The number of carbonyl (C=O) groups is 3. The molecular formula is C31H33N3O4S. The van der Waals surface area contributed by atoms with Crippen LogP contribution < -0.4 is 9.80 Å². The van der Waals surface area contributed by atoms with Crippen molar-refractivity contribution >= 4 is 40.9 Å². The molecule has 1 unspecified atom stereocenters. The van der Waals surface area contributed by atoms with Gasteiger partial charge in [-0.2, -0.15) is 0 Å².